The summed E-state index contributed by atoms with van der Waals surface area (Å²) in [7, 11) is 0. The van der Waals surface area contributed by atoms with E-state index in [0.717, 1.165) is 6.07 Å². The number of rotatable bonds is 8. The number of phenolic OH excluding ortho intramolecular Hbond substituents is 3. The van der Waals surface area contributed by atoms with E-state index in [1.54, 1.807) is 0 Å². The van der Waals surface area contributed by atoms with Crippen molar-refractivity contribution in [2.75, 3.05) is 19.8 Å². The van der Waals surface area contributed by atoms with E-state index in [1.807, 2.05) is 0 Å². The van der Waals surface area contributed by atoms with E-state index in [0.29, 0.717) is 0 Å². The van der Waals surface area contributed by atoms with Gasteiger partial charge < -0.3 is 94.9 Å². The minimum Gasteiger partial charge on any atom is -0.508 e. The van der Waals surface area contributed by atoms with Crippen LogP contribution >= 0.6 is 0 Å². The average molecular weight is 757 g/mol. The molecular weight excluding hydrogens is 716 g/mol. The van der Waals surface area contributed by atoms with E-state index in [-0.39, 0.29) is 17.1 Å². The third-order valence-corrected chi connectivity index (χ3v) is 9.79. The van der Waals surface area contributed by atoms with Crippen LogP contribution in [-0.2, 0) is 18.9 Å². The molecule has 6 unspecified atom stereocenters. The SMILES string of the molecule is O=c1cc(-c2ccc(O)cc2)oc2c([C@@H]3OC(CO)[C@@H](O)[C@H](O)C3O)c(O)c([C@@H]3OC(CO[C@@H]4OC(CO)[C@@H](O)[C@H](O)C4O)[C@@H](O)[C@H](O)C3O)c(O)c12. The summed E-state index contributed by atoms with van der Waals surface area (Å²) in [6.07, 6.45) is -27.9. The Hall–Kier alpha value is -3.55. The lowest BCUT2D eigenvalue weighted by Crippen LogP contribution is -2.60. The molecule has 0 bridgehead atoms. The van der Waals surface area contributed by atoms with Crippen molar-refractivity contribution >= 4 is 11.0 Å². The Morgan fingerprint density at radius 1 is 0.585 bits per heavy atom. The number of phenols is 3. The van der Waals surface area contributed by atoms with Gasteiger partial charge in [0, 0.05) is 11.6 Å². The molecule has 15 atom stereocenters. The maximum Gasteiger partial charge on any atom is 0.197 e. The molecule has 14 N–H and O–H groups in total. The van der Waals surface area contributed by atoms with Gasteiger partial charge in [-0.05, 0) is 24.3 Å². The highest BCUT2D eigenvalue weighted by Gasteiger charge is 2.51. The van der Waals surface area contributed by atoms with Gasteiger partial charge in [-0.3, -0.25) is 4.79 Å². The fourth-order valence-corrected chi connectivity index (χ4v) is 6.77. The van der Waals surface area contributed by atoms with Crippen LogP contribution in [0.1, 0.15) is 23.3 Å². The molecule has 6 rings (SSSR count). The summed E-state index contributed by atoms with van der Waals surface area (Å²) in [5, 5.41) is 147. The molecular formula is C33H40O20. The van der Waals surface area contributed by atoms with Crippen LogP contribution in [0.3, 0.4) is 0 Å². The van der Waals surface area contributed by atoms with Gasteiger partial charge in [-0.15, -0.1) is 0 Å². The summed E-state index contributed by atoms with van der Waals surface area (Å²) in [6.45, 7) is -2.49. The quantitative estimate of drug-likeness (QED) is 0.103. The normalized spacial score (nSPS) is 37.9. The predicted octanol–water partition coefficient (Wildman–Crippen LogP) is -4.57. The third-order valence-electron chi connectivity index (χ3n) is 9.79. The maximum absolute atomic E-state index is 13.7. The second-order valence-electron chi connectivity index (χ2n) is 13.1. The van der Waals surface area contributed by atoms with Crippen LogP contribution in [-0.4, -0.2) is 171 Å². The second-order valence-corrected chi connectivity index (χ2v) is 13.1. The highest BCUT2D eigenvalue weighted by Crippen LogP contribution is 2.51. The summed E-state index contributed by atoms with van der Waals surface area (Å²) < 4.78 is 28.2. The average Bonchev–Trinajstić information content (AvgIpc) is 3.13. The van der Waals surface area contributed by atoms with Gasteiger partial charge in [-0.1, -0.05) is 0 Å². The first kappa shape index (κ1) is 39.2. The molecule has 53 heavy (non-hydrogen) atoms. The van der Waals surface area contributed by atoms with Crippen LogP contribution < -0.4 is 5.43 Å². The fourth-order valence-electron chi connectivity index (χ4n) is 6.77. The Balaban J connectivity index is 1.46. The molecule has 20 nitrogen and oxygen atoms in total. The molecule has 1 aromatic heterocycles. The Bertz CT molecular complexity index is 1810. The molecule has 3 aliphatic heterocycles. The summed E-state index contributed by atoms with van der Waals surface area (Å²) >= 11 is 0. The molecule has 20 heteroatoms. The highest BCUT2D eigenvalue weighted by atomic mass is 16.7. The van der Waals surface area contributed by atoms with Gasteiger partial charge in [-0.2, -0.15) is 0 Å². The van der Waals surface area contributed by atoms with Crippen molar-refractivity contribution in [2.45, 2.75) is 91.7 Å². The van der Waals surface area contributed by atoms with Crippen molar-refractivity contribution in [1.82, 2.24) is 0 Å². The van der Waals surface area contributed by atoms with E-state index in [1.165, 1.54) is 24.3 Å². The number of aliphatic hydroxyl groups excluding tert-OH is 11. The van der Waals surface area contributed by atoms with Crippen molar-refractivity contribution < 1.29 is 94.9 Å². The van der Waals surface area contributed by atoms with Crippen molar-refractivity contribution in [2.24, 2.45) is 0 Å². The first-order chi connectivity index (χ1) is 25.1. The standard InChI is InChI=1S/C33H40O20/c34-6-13-19(38)24(43)28(47)32(51-13)18-23(42)17(22(41)16-11(37)5-12(50-30(16)18)9-1-3-10(36)4-2-9)31-27(46)25(44)21(40)15(52-31)8-49-33-29(48)26(45)20(39)14(7-35)53-33/h1-5,13-15,19-21,24-29,31-36,38-48H,6-8H2/t13?,14?,15?,19-,20-,21-,24+,25+,26+,27?,28?,29?,31+,32+,33-/m1/s1. The molecule has 0 radical (unpaired) electrons. The number of hydrogen-bond acceptors (Lipinski definition) is 20. The van der Waals surface area contributed by atoms with Gasteiger partial charge in [0.15, 0.2) is 17.3 Å². The van der Waals surface area contributed by atoms with E-state index in [9.17, 15) is 76.3 Å². The highest BCUT2D eigenvalue weighted by molar-refractivity contribution is 5.92. The summed E-state index contributed by atoms with van der Waals surface area (Å²) in [6, 6.07) is 6.21. The molecule has 0 aliphatic carbocycles. The van der Waals surface area contributed by atoms with Crippen molar-refractivity contribution in [3.63, 3.8) is 0 Å². The fraction of sp³-hybridized carbons (Fsp3) is 0.545. The van der Waals surface area contributed by atoms with Gasteiger partial charge in [0.1, 0.15) is 114 Å². The predicted molar refractivity (Wildman–Crippen MR) is 171 cm³/mol. The molecule has 2 aromatic carbocycles. The van der Waals surface area contributed by atoms with Crippen LogP contribution in [0.4, 0.5) is 0 Å². The minimum absolute atomic E-state index is 0.130. The first-order valence-electron chi connectivity index (χ1n) is 16.4. The second kappa shape index (κ2) is 15.3. The topological polar surface area (TPSA) is 350 Å². The Labute approximate surface area is 297 Å². The van der Waals surface area contributed by atoms with Gasteiger partial charge >= 0.3 is 0 Å². The van der Waals surface area contributed by atoms with Crippen molar-refractivity contribution in [3.05, 3.63) is 51.7 Å². The molecule has 0 saturated carbocycles. The van der Waals surface area contributed by atoms with Crippen LogP contribution in [0, 0.1) is 0 Å². The Morgan fingerprint density at radius 3 is 1.68 bits per heavy atom. The molecule has 3 fully saturated rings. The molecule has 3 aromatic rings. The number of benzene rings is 2. The minimum atomic E-state index is -2.17. The lowest BCUT2D eigenvalue weighted by molar-refractivity contribution is -0.314. The Morgan fingerprint density at radius 2 is 1.09 bits per heavy atom. The zero-order chi connectivity index (χ0) is 38.6. The van der Waals surface area contributed by atoms with E-state index in [2.05, 4.69) is 0 Å². The molecule has 0 amide bonds. The smallest absolute Gasteiger partial charge is 0.197 e. The zero-order valence-corrected chi connectivity index (χ0v) is 27.4. The van der Waals surface area contributed by atoms with Crippen molar-refractivity contribution in [1.29, 1.82) is 0 Å². The lowest BCUT2D eigenvalue weighted by atomic mass is 9.85. The van der Waals surface area contributed by atoms with E-state index < -0.39 is 151 Å². The molecule has 3 saturated heterocycles. The summed E-state index contributed by atoms with van der Waals surface area (Å²) in [4.78, 5) is 13.7. The number of aliphatic hydroxyl groups is 11. The number of hydrogen-bond donors (Lipinski definition) is 14. The first-order valence-corrected chi connectivity index (χ1v) is 16.4. The maximum atomic E-state index is 13.7. The number of aromatic hydroxyl groups is 3. The molecule has 0 spiro atoms. The summed E-state index contributed by atoms with van der Waals surface area (Å²) in [5.74, 6) is -2.48. The molecule has 4 heterocycles. The lowest BCUT2D eigenvalue weighted by Gasteiger charge is -2.43. The summed E-state index contributed by atoms with van der Waals surface area (Å²) in [5.41, 5.74) is -2.85. The van der Waals surface area contributed by atoms with Crippen molar-refractivity contribution in [3.8, 4) is 28.6 Å². The number of ether oxygens (including phenoxy) is 4. The van der Waals surface area contributed by atoms with E-state index in [4.69, 9.17) is 23.4 Å². The van der Waals surface area contributed by atoms with Gasteiger partial charge in [0.05, 0.1) is 30.9 Å². The monoisotopic (exact) mass is 756 g/mol. The van der Waals surface area contributed by atoms with Crippen LogP contribution in [0.25, 0.3) is 22.3 Å². The molecule has 3 aliphatic rings. The Kier molecular flexibility index (Phi) is 11.3. The van der Waals surface area contributed by atoms with Crippen LogP contribution in [0.2, 0.25) is 0 Å². The van der Waals surface area contributed by atoms with Crippen LogP contribution in [0.5, 0.6) is 17.2 Å². The van der Waals surface area contributed by atoms with Gasteiger partial charge in [-0.25, -0.2) is 0 Å². The van der Waals surface area contributed by atoms with Crippen LogP contribution in [0.15, 0.2) is 39.5 Å². The largest absolute Gasteiger partial charge is 0.508 e. The van der Waals surface area contributed by atoms with Gasteiger partial charge in [0.2, 0.25) is 0 Å². The van der Waals surface area contributed by atoms with Gasteiger partial charge in [0.25, 0.3) is 0 Å². The molecule has 292 valence electrons. The van der Waals surface area contributed by atoms with E-state index >= 15 is 0 Å². The zero-order valence-electron chi connectivity index (χ0n) is 27.4. The third kappa shape index (κ3) is 6.86. The number of fused-ring (bicyclic) bond motifs is 1.